The van der Waals surface area contributed by atoms with Crippen LogP contribution in [-0.2, 0) is 5.60 Å². The molecular weight excluding hydrogens is 191 g/mol. The lowest BCUT2D eigenvalue weighted by Crippen LogP contribution is -2.13. The molecule has 2 atom stereocenters. The minimum atomic E-state index is -0.703. The fourth-order valence-corrected chi connectivity index (χ4v) is 3.32. The van der Waals surface area contributed by atoms with Gasteiger partial charge in [-0.1, -0.05) is 12.5 Å². The van der Waals surface area contributed by atoms with Gasteiger partial charge in [0, 0.05) is 0 Å². The molecule has 0 aromatic heterocycles. The lowest BCUT2D eigenvalue weighted by Gasteiger charge is -2.15. The number of benzene rings is 1. The molecule has 0 heterocycles. The van der Waals surface area contributed by atoms with E-state index < -0.39 is 5.60 Å². The van der Waals surface area contributed by atoms with E-state index in [0.717, 1.165) is 24.0 Å². The molecule has 2 unspecified atom stereocenters. The van der Waals surface area contributed by atoms with Crippen LogP contribution in [0.25, 0.3) is 0 Å². The van der Waals surface area contributed by atoms with E-state index in [-0.39, 0.29) is 5.82 Å². The van der Waals surface area contributed by atoms with E-state index >= 15 is 0 Å². The number of hydrogen-bond donors (Lipinski definition) is 1. The molecule has 2 aliphatic rings. The van der Waals surface area contributed by atoms with Gasteiger partial charge in [-0.2, -0.15) is 0 Å². The van der Waals surface area contributed by atoms with Gasteiger partial charge in [0.2, 0.25) is 0 Å². The normalized spacial score (nSPS) is 37.8. The Labute approximate surface area is 88.9 Å². The Morgan fingerprint density at radius 1 is 1.27 bits per heavy atom. The summed E-state index contributed by atoms with van der Waals surface area (Å²) >= 11 is 0. The van der Waals surface area contributed by atoms with Crippen LogP contribution < -0.4 is 0 Å². The molecule has 1 N–H and O–H groups in total. The third-order valence-electron chi connectivity index (χ3n) is 4.04. The molecule has 0 bridgehead atoms. The van der Waals surface area contributed by atoms with Crippen LogP contribution in [0.3, 0.4) is 0 Å². The van der Waals surface area contributed by atoms with Crippen molar-refractivity contribution in [1.82, 2.24) is 0 Å². The Hall–Kier alpha value is -0.890. The van der Waals surface area contributed by atoms with Crippen molar-refractivity contribution in [3.8, 4) is 0 Å². The highest BCUT2D eigenvalue weighted by Crippen LogP contribution is 2.66. The molecule has 0 amide bonds. The van der Waals surface area contributed by atoms with Gasteiger partial charge in [-0.25, -0.2) is 4.39 Å². The molecule has 2 saturated carbocycles. The summed E-state index contributed by atoms with van der Waals surface area (Å²) in [7, 11) is 0. The van der Waals surface area contributed by atoms with Gasteiger partial charge in [-0.3, -0.25) is 0 Å². The Morgan fingerprint density at radius 3 is 2.53 bits per heavy atom. The predicted molar refractivity (Wildman–Crippen MR) is 55.9 cm³/mol. The Bertz CT molecular complexity index is 383. The molecule has 2 heteroatoms. The molecule has 0 radical (unpaired) electrons. The van der Waals surface area contributed by atoms with Crippen LogP contribution in [0.1, 0.15) is 30.4 Å². The average Bonchev–Trinajstić information content (AvgIpc) is 2.61. The maximum Gasteiger partial charge on any atom is 0.123 e. The Kier molecular flexibility index (Phi) is 1.76. The van der Waals surface area contributed by atoms with Crippen LogP contribution in [0.5, 0.6) is 0 Å². The highest BCUT2D eigenvalue weighted by atomic mass is 19.1. The number of fused-ring (bicyclic) bond motifs is 1. The molecule has 80 valence electrons. The molecule has 2 fully saturated rings. The number of rotatable bonds is 1. The fourth-order valence-electron chi connectivity index (χ4n) is 3.32. The van der Waals surface area contributed by atoms with Crippen LogP contribution in [0, 0.1) is 24.6 Å². The minimum Gasteiger partial charge on any atom is -0.385 e. The first-order valence-corrected chi connectivity index (χ1v) is 5.62. The van der Waals surface area contributed by atoms with E-state index in [2.05, 4.69) is 0 Å². The zero-order valence-electron chi connectivity index (χ0n) is 8.83. The largest absolute Gasteiger partial charge is 0.385 e. The fraction of sp³-hybridized carbons (Fsp3) is 0.538. The van der Waals surface area contributed by atoms with E-state index in [0.29, 0.717) is 11.8 Å². The topological polar surface area (TPSA) is 20.2 Å². The summed E-state index contributed by atoms with van der Waals surface area (Å²) in [5, 5.41) is 10.5. The van der Waals surface area contributed by atoms with Crippen molar-refractivity contribution in [2.75, 3.05) is 0 Å². The van der Waals surface area contributed by atoms with Gasteiger partial charge >= 0.3 is 0 Å². The lowest BCUT2D eigenvalue weighted by molar-refractivity contribution is 0.105. The van der Waals surface area contributed by atoms with Crippen molar-refractivity contribution in [3.05, 3.63) is 35.1 Å². The summed E-state index contributed by atoms with van der Waals surface area (Å²) in [4.78, 5) is 0. The molecule has 0 saturated heterocycles. The smallest absolute Gasteiger partial charge is 0.123 e. The molecular formula is C13H15FO. The number of aryl methyl sites for hydroxylation is 1. The van der Waals surface area contributed by atoms with Crippen LogP contribution >= 0.6 is 0 Å². The molecule has 15 heavy (non-hydrogen) atoms. The zero-order chi connectivity index (χ0) is 10.6. The standard InChI is InChI=1S/C13H15FO/c1-8-5-9(7-10(14)6-8)13(15)11-3-2-4-12(11)13/h5-7,11-12,15H,2-4H2,1H3. The van der Waals surface area contributed by atoms with Gasteiger partial charge in [0.05, 0.1) is 5.60 Å². The van der Waals surface area contributed by atoms with Gasteiger partial charge in [0.15, 0.2) is 0 Å². The summed E-state index contributed by atoms with van der Waals surface area (Å²) in [6, 6.07) is 4.91. The van der Waals surface area contributed by atoms with Gasteiger partial charge in [-0.15, -0.1) is 0 Å². The van der Waals surface area contributed by atoms with Crippen molar-refractivity contribution in [2.24, 2.45) is 11.8 Å². The third kappa shape index (κ3) is 1.18. The molecule has 2 aliphatic carbocycles. The second-order valence-corrected chi connectivity index (χ2v) is 4.99. The van der Waals surface area contributed by atoms with Gasteiger partial charge in [0.25, 0.3) is 0 Å². The van der Waals surface area contributed by atoms with E-state index in [1.807, 2.05) is 13.0 Å². The highest BCUT2D eigenvalue weighted by Gasteiger charge is 2.66. The summed E-state index contributed by atoms with van der Waals surface area (Å²) in [5.41, 5.74) is 0.976. The molecule has 1 aromatic carbocycles. The Morgan fingerprint density at radius 2 is 1.93 bits per heavy atom. The monoisotopic (exact) mass is 206 g/mol. The Balaban J connectivity index is 2.00. The highest BCUT2D eigenvalue weighted by molar-refractivity contribution is 5.36. The summed E-state index contributed by atoms with van der Waals surface area (Å²) < 4.78 is 13.3. The van der Waals surface area contributed by atoms with Crippen molar-refractivity contribution in [3.63, 3.8) is 0 Å². The first-order chi connectivity index (χ1) is 7.12. The minimum absolute atomic E-state index is 0.233. The predicted octanol–water partition coefficient (Wildman–Crippen LogP) is 2.75. The van der Waals surface area contributed by atoms with E-state index in [4.69, 9.17) is 0 Å². The number of hydrogen-bond acceptors (Lipinski definition) is 1. The van der Waals surface area contributed by atoms with Crippen LogP contribution in [0.2, 0.25) is 0 Å². The van der Waals surface area contributed by atoms with E-state index in [9.17, 15) is 9.50 Å². The quantitative estimate of drug-likeness (QED) is 0.749. The zero-order valence-corrected chi connectivity index (χ0v) is 8.83. The molecule has 3 rings (SSSR count). The molecule has 1 nitrogen and oxygen atoms in total. The summed E-state index contributed by atoms with van der Waals surface area (Å²) in [6.07, 6.45) is 3.40. The van der Waals surface area contributed by atoms with Gasteiger partial charge < -0.3 is 5.11 Å². The first-order valence-electron chi connectivity index (χ1n) is 5.62. The first kappa shape index (κ1) is 9.34. The van der Waals surface area contributed by atoms with Crippen molar-refractivity contribution in [2.45, 2.75) is 31.8 Å². The van der Waals surface area contributed by atoms with Crippen molar-refractivity contribution >= 4 is 0 Å². The third-order valence-corrected chi connectivity index (χ3v) is 4.04. The maximum atomic E-state index is 13.3. The van der Waals surface area contributed by atoms with Crippen molar-refractivity contribution in [1.29, 1.82) is 0 Å². The average molecular weight is 206 g/mol. The summed E-state index contributed by atoms with van der Waals surface area (Å²) in [6.45, 7) is 1.87. The maximum absolute atomic E-state index is 13.3. The van der Waals surface area contributed by atoms with Gasteiger partial charge in [0.1, 0.15) is 5.82 Å². The van der Waals surface area contributed by atoms with Crippen molar-refractivity contribution < 1.29 is 9.50 Å². The molecule has 0 aliphatic heterocycles. The lowest BCUT2D eigenvalue weighted by atomic mass is 9.97. The van der Waals surface area contributed by atoms with Crippen LogP contribution in [-0.4, -0.2) is 5.11 Å². The molecule has 0 spiro atoms. The molecule has 1 aromatic rings. The number of aliphatic hydroxyl groups is 1. The van der Waals surface area contributed by atoms with Crippen LogP contribution in [0.4, 0.5) is 4.39 Å². The number of halogens is 1. The van der Waals surface area contributed by atoms with E-state index in [1.54, 1.807) is 0 Å². The van der Waals surface area contributed by atoms with E-state index in [1.165, 1.54) is 18.6 Å². The SMILES string of the molecule is Cc1cc(F)cc(C2(O)C3CCCC32)c1. The van der Waals surface area contributed by atoms with Crippen LogP contribution in [0.15, 0.2) is 18.2 Å². The van der Waals surface area contributed by atoms with Gasteiger partial charge in [-0.05, 0) is 54.9 Å². The second kappa shape index (κ2) is 2.82. The summed E-state index contributed by atoms with van der Waals surface area (Å²) in [5.74, 6) is 0.542. The second-order valence-electron chi connectivity index (χ2n) is 4.99.